The van der Waals surface area contributed by atoms with Crippen LogP contribution in [0.15, 0.2) is 24.3 Å². The van der Waals surface area contributed by atoms with Gasteiger partial charge in [-0.3, -0.25) is 4.79 Å². The lowest BCUT2D eigenvalue weighted by Gasteiger charge is -2.32. The number of ether oxygens (including phenoxy) is 3. The number of likely N-dealkylation sites (tertiary alicyclic amines) is 1. The first-order valence-corrected chi connectivity index (χ1v) is 8.69. The van der Waals surface area contributed by atoms with Crippen LogP contribution in [0.25, 0.3) is 0 Å². The average Bonchev–Trinajstić information content (AvgIpc) is 2.62. The number of amides is 2. The van der Waals surface area contributed by atoms with Gasteiger partial charge in [0.2, 0.25) is 0 Å². The fraction of sp³-hybridized carbons (Fsp3) is 0.556. The van der Waals surface area contributed by atoms with Crippen molar-refractivity contribution in [2.75, 3.05) is 32.9 Å². The van der Waals surface area contributed by atoms with Crippen molar-refractivity contribution in [3.63, 3.8) is 0 Å². The molecule has 138 valence electrons. The van der Waals surface area contributed by atoms with Gasteiger partial charge in [-0.15, -0.1) is 0 Å². The average molecular weight is 350 g/mol. The highest BCUT2D eigenvalue weighted by molar-refractivity contribution is 5.78. The van der Waals surface area contributed by atoms with Crippen LogP contribution in [0.4, 0.5) is 4.79 Å². The van der Waals surface area contributed by atoms with Gasteiger partial charge in [-0.2, -0.15) is 0 Å². The summed E-state index contributed by atoms with van der Waals surface area (Å²) in [5, 5.41) is 2.81. The van der Waals surface area contributed by atoms with Crippen molar-refractivity contribution in [1.29, 1.82) is 0 Å². The molecular formula is C18H26N2O5. The number of nitrogens with zero attached hydrogens (tertiary/aromatic N) is 1. The van der Waals surface area contributed by atoms with E-state index in [1.54, 1.807) is 24.0 Å². The van der Waals surface area contributed by atoms with Gasteiger partial charge in [0.1, 0.15) is 11.5 Å². The van der Waals surface area contributed by atoms with E-state index in [0.717, 1.165) is 5.75 Å². The summed E-state index contributed by atoms with van der Waals surface area (Å²) >= 11 is 0. The second-order valence-electron chi connectivity index (χ2n) is 5.71. The highest BCUT2D eigenvalue weighted by Gasteiger charge is 2.24. The first kappa shape index (κ1) is 18.9. The van der Waals surface area contributed by atoms with E-state index in [2.05, 4.69) is 5.32 Å². The lowest BCUT2D eigenvalue weighted by Crippen LogP contribution is -2.47. The van der Waals surface area contributed by atoms with E-state index in [-0.39, 0.29) is 18.6 Å². The third-order valence-electron chi connectivity index (χ3n) is 3.94. The number of alkyl carbamates (subject to hydrolysis) is 1. The Hall–Kier alpha value is -2.44. The Morgan fingerprint density at radius 3 is 2.20 bits per heavy atom. The molecule has 0 aliphatic carbocycles. The SMILES string of the molecule is CCOC(=O)NC1CCN(C(=O)COc2ccc(OCC)cc2)CC1. The zero-order chi connectivity index (χ0) is 18.1. The second kappa shape index (κ2) is 9.76. The molecule has 7 heteroatoms. The van der Waals surface area contributed by atoms with Gasteiger partial charge in [-0.1, -0.05) is 0 Å². The molecule has 0 saturated carbocycles. The molecule has 1 aliphatic heterocycles. The predicted octanol–water partition coefficient (Wildman–Crippen LogP) is 2.20. The first-order chi connectivity index (χ1) is 12.1. The number of hydrogen-bond donors (Lipinski definition) is 1. The summed E-state index contributed by atoms with van der Waals surface area (Å²) in [6.07, 6.45) is 1.03. The van der Waals surface area contributed by atoms with Gasteiger partial charge in [0, 0.05) is 19.1 Å². The molecule has 0 unspecified atom stereocenters. The van der Waals surface area contributed by atoms with Crippen LogP contribution in [0.3, 0.4) is 0 Å². The molecule has 0 atom stereocenters. The number of piperidine rings is 1. The lowest BCUT2D eigenvalue weighted by atomic mass is 10.1. The monoisotopic (exact) mass is 350 g/mol. The normalized spacial score (nSPS) is 14.7. The number of rotatable bonds is 7. The zero-order valence-electron chi connectivity index (χ0n) is 14.8. The van der Waals surface area contributed by atoms with E-state index in [1.165, 1.54) is 0 Å². The Balaban J connectivity index is 1.70. The molecule has 2 amide bonds. The number of hydrogen-bond acceptors (Lipinski definition) is 5. The molecule has 2 rings (SSSR count). The molecule has 0 radical (unpaired) electrons. The first-order valence-electron chi connectivity index (χ1n) is 8.69. The van der Waals surface area contributed by atoms with Crippen molar-refractivity contribution >= 4 is 12.0 Å². The molecule has 1 aromatic rings. The highest BCUT2D eigenvalue weighted by atomic mass is 16.5. The van der Waals surface area contributed by atoms with E-state index in [0.29, 0.717) is 44.9 Å². The topological polar surface area (TPSA) is 77.1 Å². The van der Waals surface area contributed by atoms with Crippen molar-refractivity contribution in [2.24, 2.45) is 0 Å². The minimum absolute atomic E-state index is 0.00392. The second-order valence-corrected chi connectivity index (χ2v) is 5.71. The van der Waals surface area contributed by atoms with Crippen molar-refractivity contribution in [1.82, 2.24) is 10.2 Å². The van der Waals surface area contributed by atoms with Gasteiger partial charge in [0.15, 0.2) is 6.61 Å². The Morgan fingerprint density at radius 2 is 1.64 bits per heavy atom. The lowest BCUT2D eigenvalue weighted by molar-refractivity contribution is -0.134. The summed E-state index contributed by atoms with van der Waals surface area (Å²) in [5.41, 5.74) is 0. The van der Waals surface area contributed by atoms with Crippen LogP contribution in [0.5, 0.6) is 11.5 Å². The van der Waals surface area contributed by atoms with Gasteiger partial charge in [0.05, 0.1) is 13.2 Å². The summed E-state index contributed by atoms with van der Waals surface area (Å²) in [6, 6.07) is 7.25. The molecule has 1 fully saturated rings. The van der Waals surface area contributed by atoms with Gasteiger partial charge in [0.25, 0.3) is 5.91 Å². The standard InChI is InChI=1S/C18H26N2O5/c1-3-23-15-5-7-16(8-6-15)25-13-17(21)20-11-9-14(10-12-20)19-18(22)24-4-2/h5-8,14H,3-4,9-13H2,1-2H3,(H,19,22). The van der Waals surface area contributed by atoms with Crippen LogP contribution in [0.2, 0.25) is 0 Å². The Morgan fingerprint density at radius 1 is 1.04 bits per heavy atom. The minimum atomic E-state index is -0.397. The van der Waals surface area contributed by atoms with Crippen molar-refractivity contribution in [3.8, 4) is 11.5 Å². The molecule has 0 aromatic heterocycles. The molecular weight excluding hydrogens is 324 g/mol. The maximum atomic E-state index is 12.2. The smallest absolute Gasteiger partial charge is 0.407 e. The third-order valence-corrected chi connectivity index (χ3v) is 3.94. The van der Waals surface area contributed by atoms with Crippen molar-refractivity contribution in [3.05, 3.63) is 24.3 Å². The summed E-state index contributed by atoms with van der Waals surface area (Å²) in [6.45, 7) is 5.86. The van der Waals surface area contributed by atoms with Crippen LogP contribution in [0.1, 0.15) is 26.7 Å². The van der Waals surface area contributed by atoms with Gasteiger partial charge in [-0.25, -0.2) is 4.79 Å². The van der Waals surface area contributed by atoms with Crippen LogP contribution in [-0.4, -0.2) is 55.9 Å². The molecule has 1 heterocycles. The number of carbonyl (C=O) groups is 2. The molecule has 7 nitrogen and oxygen atoms in total. The highest BCUT2D eigenvalue weighted by Crippen LogP contribution is 2.18. The van der Waals surface area contributed by atoms with E-state index in [4.69, 9.17) is 14.2 Å². The van der Waals surface area contributed by atoms with E-state index >= 15 is 0 Å². The molecule has 25 heavy (non-hydrogen) atoms. The molecule has 1 N–H and O–H groups in total. The van der Waals surface area contributed by atoms with Crippen LogP contribution < -0.4 is 14.8 Å². The van der Waals surface area contributed by atoms with Crippen LogP contribution in [-0.2, 0) is 9.53 Å². The van der Waals surface area contributed by atoms with Gasteiger partial charge in [-0.05, 0) is 51.0 Å². The van der Waals surface area contributed by atoms with Crippen molar-refractivity contribution < 1.29 is 23.8 Å². The molecule has 1 aliphatic rings. The molecule has 1 saturated heterocycles. The van der Waals surface area contributed by atoms with E-state index < -0.39 is 6.09 Å². The maximum Gasteiger partial charge on any atom is 0.407 e. The summed E-state index contributed by atoms with van der Waals surface area (Å²) < 4.78 is 15.8. The number of carbonyl (C=O) groups excluding carboxylic acids is 2. The zero-order valence-corrected chi connectivity index (χ0v) is 14.8. The quantitative estimate of drug-likeness (QED) is 0.816. The van der Waals surface area contributed by atoms with Crippen molar-refractivity contribution in [2.45, 2.75) is 32.7 Å². The summed E-state index contributed by atoms with van der Waals surface area (Å²) in [5.74, 6) is 1.36. The molecule has 1 aromatic carbocycles. The van der Waals surface area contributed by atoms with Gasteiger partial charge < -0.3 is 24.4 Å². The van der Waals surface area contributed by atoms with Crippen LogP contribution >= 0.6 is 0 Å². The van der Waals surface area contributed by atoms with Crippen LogP contribution in [0, 0.1) is 0 Å². The fourth-order valence-corrected chi connectivity index (χ4v) is 2.65. The molecule has 0 bridgehead atoms. The van der Waals surface area contributed by atoms with Gasteiger partial charge >= 0.3 is 6.09 Å². The largest absolute Gasteiger partial charge is 0.494 e. The third kappa shape index (κ3) is 6.17. The minimum Gasteiger partial charge on any atom is -0.494 e. The van der Waals surface area contributed by atoms with E-state index in [1.807, 2.05) is 19.1 Å². The summed E-state index contributed by atoms with van der Waals surface area (Å²) in [7, 11) is 0. The fourth-order valence-electron chi connectivity index (χ4n) is 2.65. The Kier molecular flexibility index (Phi) is 7.37. The Labute approximate surface area is 148 Å². The molecule has 0 spiro atoms. The number of nitrogens with one attached hydrogen (secondary N) is 1. The summed E-state index contributed by atoms with van der Waals surface area (Å²) in [4.78, 5) is 25.4. The van der Waals surface area contributed by atoms with E-state index in [9.17, 15) is 9.59 Å². The Bertz CT molecular complexity index is 553. The predicted molar refractivity (Wildman–Crippen MR) is 92.9 cm³/mol. The number of benzene rings is 1. The maximum absolute atomic E-state index is 12.2.